The molecule has 0 saturated carbocycles. The van der Waals surface area contributed by atoms with E-state index in [0.717, 1.165) is 26.9 Å². The Kier molecular flexibility index (Phi) is 3.23. The van der Waals surface area contributed by atoms with Gasteiger partial charge in [0.2, 0.25) is 5.95 Å². The number of anilines is 3. The van der Waals surface area contributed by atoms with Gasteiger partial charge >= 0.3 is 0 Å². The van der Waals surface area contributed by atoms with Gasteiger partial charge in [0.05, 0.1) is 22.6 Å². The fraction of sp³-hybridized carbons (Fsp3) is 0.0714. The van der Waals surface area contributed by atoms with Gasteiger partial charge in [0.25, 0.3) is 0 Å². The molecule has 0 atom stereocenters. The maximum atomic E-state index is 5.75. The summed E-state index contributed by atoms with van der Waals surface area (Å²) in [5.41, 5.74) is 9.14. The highest BCUT2D eigenvalue weighted by molar-refractivity contribution is 9.10. The molecule has 1 aromatic heterocycles. The fourth-order valence-electron chi connectivity index (χ4n) is 1.97. The van der Waals surface area contributed by atoms with E-state index < -0.39 is 0 Å². The number of imidazole rings is 1. The Balaban J connectivity index is 1.90. The summed E-state index contributed by atoms with van der Waals surface area (Å²) in [6.45, 7) is 0. The second kappa shape index (κ2) is 5.05. The molecule has 0 fully saturated rings. The number of hydrogen-bond donors (Lipinski definition) is 3. The number of halogens is 1. The van der Waals surface area contributed by atoms with Crippen molar-refractivity contribution < 1.29 is 4.74 Å². The molecule has 0 amide bonds. The van der Waals surface area contributed by atoms with Crippen molar-refractivity contribution in [1.82, 2.24) is 9.97 Å². The number of fused-ring (bicyclic) bond motifs is 1. The van der Waals surface area contributed by atoms with Crippen molar-refractivity contribution in [3.63, 3.8) is 0 Å². The van der Waals surface area contributed by atoms with Crippen LogP contribution in [-0.4, -0.2) is 17.1 Å². The summed E-state index contributed by atoms with van der Waals surface area (Å²) < 4.78 is 6.08. The Morgan fingerprint density at radius 3 is 2.85 bits per heavy atom. The molecule has 0 aliphatic carbocycles. The Bertz CT molecular complexity index is 769. The largest absolute Gasteiger partial charge is 0.496 e. The first-order chi connectivity index (χ1) is 9.65. The molecule has 102 valence electrons. The van der Waals surface area contributed by atoms with E-state index in [2.05, 4.69) is 31.2 Å². The maximum absolute atomic E-state index is 5.75. The molecular weight excluding hydrogens is 320 g/mol. The molecule has 1 heterocycles. The third kappa shape index (κ3) is 2.42. The molecule has 6 heteroatoms. The number of nitrogens with two attached hydrogens (primary N) is 1. The standard InChI is InChI=1S/C14H13BrN4O/c1-20-13-5-3-9(7-10(13)15)17-14-18-11-4-2-8(16)6-12(11)19-14/h2-7H,16H2,1H3,(H2,17,18,19). The number of nitrogens with zero attached hydrogens (tertiary/aromatic N) is 1. The van der Waals surface area contributed by atoms with Gasteiger partial charge < -0.3 is 20.8 Å². The van der Waals surface area contributed by atoms with Crippen LogP contribution in [0.1, 0.15) is 0 Å². The molecule has 20 heavy (non-hydrogen) atoms. The molecule has 0 aliphatic heterocycles. The lowest BCUT2D eigenvalue weighted by molar-refractivity contribution is 0.412. The molecule has 0 saturated heterocycles. The number of rotatable bonds is 3. The monoisotopic (exact) mass is 332 g/mol. The van der Waals surface area contributed by atoms with Crippen LogP contribution in [0.3, 0.4) is 0 Å². The second-order valence-electron chi connectivity index (χ2n) is 4.34. The number of nitrogen functional groups attached to an aromatic ring is 1. The van der Waals surface area contributed by atoms with Crippen LogP contribution in [0.4, 0.5) is 17.3 Å². The predicted molar refractivity (Wildman–Crippen MR) is 84.5 cm³/mol. The quantitative estimate of drug-likeness (QED) is 0.640. The number of aromatic nitrogens is 2. The normalized spacial score (nSPS) is 10.7. The molecule has 4 N–H and O–H groups in total. The average molecular weight is 333 g/mol. The topological polar surface area (TPSA) is 76.0 Å². The van der Waals surface area contributed by atoms with Gasteiger partial charge in [0.15, 0.2) is 0 Å². The van der Waals surface area contributed by atoms with Crippen LogP contribution in [0.25, 0.3) is 11.0 Å². The molecule has 5 nitrogen and oxygen atoms in total. The summed E-state index contributed by atoms with van der Waals surface area (Å²) in [6.07, 6.45) is 0. The van der Waals surface area contributed by atoms with E-state index >= 15 is 0 Å². The Labute approximate surface area is 124 Å². The minimum Gasteiger partial charge on any atom is -0.496 e. The lowest BCUT2D eigenvalue weighted by Gasteiger charge is -2.06. The number of aromatic amines is 1. The number of ether oxygens (including phenoxy) is 1. The molecule has 2 aromatic carbocycles. The van der Waals surface area contributed by atoms with Crippen LogP contribution >= 0.6 is 15.9 Å². The van der Waals surface area contributed by atoms with Crippen molar-refractivity contribution in [1.29, 1.82) is 0 Å². The number of nitrogens with one attached hydrogen (secondary N) is 2. The van der Waals surface area contributed by atoms with E-state index in [1.807, 2.05) is 36.4 Å². The summed E-state index contributed by atoms with van der Waals surface area (Å²) in [5, 5.41) is 3.21. The van der Waals surface area contributed by atoms with Crippen molar-refractivity contribution in [2.45, 2.75) is 0 Å². The Morgan fingerprint density at radius 2 is 2.10 bits per heavy atom. The fourth-order valence-corrected chi connectivity index (χ4v) is 2.51. The lowest BCUT2D eigenvalue weighted by atomic mass is 10.3. The molecule has 3 aromatic rings. The minimum absolute atomic E-state index is 0.669. The summed E-state index contributed by atoms with van der Waals surface area (Å²) >= 11 is 3.45. The van der Waals surface area contributed by atoms with E-state index in [1.54, 1.807) is 7.11 Å². The van der Waals surface area contributed by atoms with E-state index in [0.29, 0.717) is 11.6 Å². The molecule has 0 unspecified atom stereocenters. The summed E-state index contributed by atoms with van der Waals surface area (Å²) in [6, 6.07) is 11.3. The highest BCUT2D eigenvalue weighted by Crippen LogP contribution is 2.29. The van der Waals surface area contributed by atoms with Crippen molar-refractivity contribution in [2.75, 3.05) is 18.2 Å². The number of hydrogen-bond acceptors (Lipinski definition) is 4. The molecule has 0 aliphatic rings. The van der Waals surface area contributed by atoms with E-state index in [1.165, 1.54) is 0 Å². The highest BCUT2D eigenvalue weighted by Gasteiger charge is 2.05. The van der Waals surface area contributed by atoms with E-state index in [9.17, 15) is 0 Å². The molecule has 0 radical (unpaired) electrons. The van der Waals surface area contributed by atoms with Crippen molar-refractivity contribution in [2.24, 2.45) is 0 Å². The highest BCUT2D eigenvalue weighted by atomic mass is 79.9. The lowest BCUT2D eigenvalue weighted by Crippen LogP contribution is -1.93. The molecule has 0 spiro atoms. The predicted octanol–water partition coefficient (Wildman–Crippen LogP) is 3.66. The van der Waals surface area contributed by atoms with Crippen LogP contribution in [-0.2, 0) is 0 Å². The van der Waals surface area contributed by atoms with Crippen molar-refractivity contribution in [3.05, 3.63) is 40.9 Å². The van der Waals surface area contributed by atoms with Crippen molar-refractivity contribution >= 4 is 44.3 Å². The zero-order valence-corrected chi connectivity index (χ0v) is 12.4. The van der Waals surface area contributed by atoms with Gasteiger partial charge in [-0.25, -0.2) is 4.98 Å². The summed E-state index contributed by atoms with van der Waals surface area (Å²) in [7, 11) is 1.64. The van der Waals surface area contributed by atoms with Gasteiger partial charge in [-0.2, -0.15) is 0 Å². The van der Waals surface area contributed by atoms with Crippen molar-refractivity contribution in [3.8, 4) is 5.75 Å². The minimum atomic E-state index is 0.669. The first-order valence-corrected chi connectivity index (χ1v) is 6.81. The zero-order chi connectivity index (χ0) is 14.1. The number of H-pyrrole nitrogens is 1. The molecule has 0 bridgehead atoms. The zero-order valence-electron chi connectivity index (χ0n) is 10.8. The van der Waals surface area contributed by atoms with E-state index in [-0.39, 0.29) is 0 Å². The average Bonchev–Trinajstić information content (AvgIpc) is 2.80. The first-order valence-electron chi connectivity index (χ1n) is 6.01. The van der Waals surface area contributed by atoms with Gasteiger partial charge in [0.1, 0.15) is 5.75 Å². The van der Waals surface area contributed by atoms with Crippen LogP contribution in [0, 0.1) is 0 Å². The Hall–Kier alpha value is -2.21. The van der Waals surface area contributed by atoms with Gasteiger partial charge in [-0.3, -0.25) is 0 Å². The summed E-state index contributed by atoms with van der Waals surface area (Å²) in [5.74, 6) is 1.45. The third-order valence-corrected chi connectivity index (χ3v) is 3.54. The van der Waals surface area contributed by atoms with Gasteiger partial charge in [-0.15, -0.1) is 0 Å². The number of methoxy groups -OCH3 is 1. The number of benzene rings is 2. The van der Waals surface area contributed by atoms with Crippen LogP contribution in [0.2, 0.25) is 0 Å². The van der Waals surface area contributed by atoms with Crippen LogP contribution in [0.15, 0.2) is 40.9 Å². The smallest absolute Gasteiger partial charge is 0.205 e. The van der Waals surface area contributed by atoms with Gasteiger partial charge in [0, 0.05) is 11.4 Å². The first kappa shape index (κ1) is 12.8. The third-order valence-electron chi connectivity index (χ3n) is 2.92. The van der Waals surface area contributed by atoms with E-state index in [4.69, 9.17) is 10.5 Å². The second-order valence-corrected chi connectivity index (χ2v) is 5.19. The van der Waals surface area contributed by atoms with Crippen LogP contribution < -0.4 is 15.8 Å². The maximum Gasteiger partial charge on any atom is 0.205 e. The Morgan fingerprint density at radius 1 is 1.25 bits per heavy atom. The molecular formula is C14H13BrN4O. The van der Waals surface area contributed by atoms with Gasteiger partial charge in [-0.05, 0) is 52.3 Å². The SMILES string of the molecule is COc1ccc(Nc2nc3ccc(N)cc3[nH]2)cc1Br. The molecule has 3 rings (SSSR count). The van der Waals surface area contributed by atoms with Gasteiger partial charge in [-0.1, -0.05) is 0 Å². The summed E-state index contributed by atoms with van der Waals surface area (Å²) in [4.78, 5) is 7.64. The van der Waals surface area contributed by atoms with Crippen LogP contribution in [0.5, 0.6) is 5.75 Å².